The molecule has 0 saturated carbocycles. The van der Waals surface area contributed by atoms with Crippen LogP contribution in [0.3, 0.4) is 0 Å². The molecule has 3 aromatic rings. The summed E-state index contributed by atoms with van der Waals surface area (Å²) in [7, 11) is 0. The number of aromatic nitrogens is 2. The van der Waals surface area contributed by atoms with Crippen LogP contribution in [0.5, 0.6) is 0 Å². The molecule has 7 nitrogen and oxygen atoms in total. The minimum absolute atomic E-state index is 0.0498. The number of aliphatic hydroxyl groups excluding tert-OH is 1. The SMILES string of the molecule is O=C1C(=O)N(CCCn2ccnc2)C(c2ccco2)C1=C(O)c1ccccc1. The highest BCUT2D eigenvalue weighted by atomic mass is 16.3. The summed E-state index contributed by atoms with van der Waals surface area (Å²) in [6.07, 6.45) is 7.35. The molecule has 2 aromatic heterocycles. The molecule has 0 radical (unpaired) electrons. The third-order valence-corrected chi connectivity index (χ3v) is 4.77. The van der Waals surface area contributed by atoms with Crippen molar-refractivity contribution in [1.29, 1.82) is 0 Å². The zero-order chi connectivity index (χ0) is 19.5. The van der Waals surface area contributed by atoms with E-state index in [0.717, 1.165) is 0 Å². The molecule has 0 bridgehead atoms. The highest BCUT2D eigenvalue weighted by Crippen LogP contribution is 2.39. The number of furan rings is 1. The summed E-state index contributed by atoms with van der Waals surface area (Å²) in [5.74, 6) is -1.09. The van der Waals surface area contributed by atoms with E-state index in [9.17, 15) is 14.7 Å². The summed E-state index contributed by atoms with van der Waals surface area (Å²) in [4.78, 5) is 30.9. The van der Waals surface area contributed by atoms with E-state index in [0.29, 0.717) is 30.8 Å². The largest absolute Gasteiger partial charge is 0.507 e. The van der Waals surface area contributed by atoms with Crippen molar-refractivity contribution in [1.82, 2.24) is 14.5 Å². The lowest BCUT2D eigenvalue weighted by atomic mass is 9.99. The maximum absolute atomic E-state index is 12.8. The third-order valence-electron chi connectivity index (χ3n) is 4.77. The number of amides is 1. The number of nitrogens with zero attached hydrogens (tertiary/aromatic N) is 3. The van der Waals surface area contributed by atoms with Crippen LogP contribution in [0.4, 0.5) is 0 Å². The van der Waals surface area contributed by atoms with E-state index < -0.39 is 17.7 Å². The molecule has 142 valence electrons. The Morgan fingerprint density at radius 3 is 2.61 bits per heavy atom. The summed E-state index contributed by atoms with van der Waals surface area (Å²) in [6, 6.07) is 11.4. The Labute approximate surface area is 161 Å². The standard InChI is InChI=1S/C21H19N3O4/c25-19(15-6-2-1-3-7-15)17-18(16-8-4-13-28-16)24(21(27)20(17)26)11-5-10-23-12-9-22-14-23/h1-4,6-9,12-14,18,25H,5,10-11H2. The van der Waals surface area contributed by atoms with Gasteiger partial charge in [0, 0.05) is 31.0 Å². The number of carbonyl (C=O) groups excluding carboxylic acids is 2. The first-order valence-electron chi connectivity index (χ1n) is 9.00. The lowest BCUT2D eigenvalue weighted by Crippen LogP contribution is -2.31. The van der Waals surface area contributed by atoms with Crippen molar-refractivity contribution in [2.24, 2.45) is 0 Å². The maximum Gasteiger partial charge on any atom is 0.295 e. The molecule has 1 aliphatic heterocycles. The van der Waals surface area contributed by atoms with E-state index >= 15 is 0 Å². The third kappa shape index (κ3) is 3.22. The Balaban J connectivity index is 1.68. The van der Waals surface area contributed by atoms with Crippen LogP contribution in [-0.4, -0.2) is 37.8 Å². The fourth-order valence-electron chi connectivity index (χ4n) is 3.45. The van der Waals surface area contributed by atoms with E-state index in [2.05, 4.69) is 4.98 Å². The number of aliphatic hydroxyl groups is 1. The van der Waals surface area contributed by atoms with Crippen molar-refractivity contribution in [3.8, 4) is 0 Å². The zero-order valence-corrected chi connectivity index (χ0v) is 15.1. The minimum atomic E-state index is -0.752. The lowest BCUT2D eigenvalue weighted by Gasteiger charge is -2.23. The van der Waals surface area contributed by atoms with Gasteiger partial charge in [-0.3, -0.25) is 9.59 Å². The predicted molar refractivity (Wildman–Crippen MR) is 101 cm³/mol. The zero-order valence-electron chi connectivity index (χ0n) is 15.1. The van der Waals surface area contributed by atoms with Crippen LogP contribution >= 0.6 is 0 Å². The monoisotopic (exact) mass is 377 g/mol. The highest BCUT2D eigenvalue weighted by Gasteiger charge is 2.47. The normalized spacial score (nSPS) is 18.7. The summed E-state index contributed by atoms with van der Waals surface area (Å²) < 4.78 is 7.41. The van der Waals surface area contributed by atoms with Gasteiger partial charge in [-0.2, -0.15) is 0 Å². The van der Waals surface area contributed by atoms with Crippen LogP contribution < -0.4 is 0 Å². The van der Waals surface area contributed by atoms with E-state index in [-0.39, 0.29) is 11.3 Å². The average Bonchev–Trinajstić information content (AvgIpc) is 3.46. The van der Waals surface area contributed by atoms with Crippen molar-refractivity contribution in [2.75, 3.05) is 6.54 Å². The molecule has 1 aliphatic rings. The number of hydrogen-bond donors (Lipinski definition) is 1. The fourth-order valence-corrected chi connectivity index (χ4v) is 3.45. The summed E-state index contributed by atoms with van der Waals surface area (Å²) in [5, 5.41) is 10.8. The Hall–Kier alpha value is -3.61. The van der Waals surface area contributed by atoms with Gasteiger partial charge in [0.05, 0.1) is 18.2 Å². The van der Waals surface area contributed by atoms with E-state index in [1.54, 1.807) is 48.9 Å². The Morgan fingerprint density at radius 2 is 1.93 bits per heavy atom. The molecule has 1 saturated heterocycles. The van der Waals surface area contributed by atoms with Gasteiger partial charge in [0.1, 0.15) is 17.6 Å². The van der Waals surface area contributed by atoms with E-state index in [1.807, 2.05) is 16.8 Å². The Bertz CT molecular complexity index is 992. The first-order valence-corrected chi connectivity index (χ1v) is 9.00. The number of hydrogen-bond acceptors (Lipinski definition) is 5. The van der Waals surface area contributed by atoms with Crippen molar-refractivity contribution < 1.29 is 19.1 Å². The van der Waals surface area contributed by atoms with Crippen LogP contribution in [0.25, 0.3) is 5.76 Å². The van der Waals surface area contributed by atoms with Gasteiger partial charge in [-0.05, 0) is 18.6 Å². The number of rotatable bonds is 6. The first kappa shape index (κ1) is 17.8. The molecule has 1 unspecified atom stereocenters. The molecule has 0 spiro atoms. The quantitative estimate of drug-likeness (QED) is 0.405. The van der Waals surface area contributed by atoms with Gasteiger partial charge < -0.3 is 19.0 Å². The number of benzene rings is 1. The number of ketones is 1. The number of imidazole rings is 1. The fraction of sp³-hybridized carbons (Fsp3) is 0.190. The van der Waals surface area contributed by atoms with Crippen LogP contribution in [0, 0.1) is 0 Å². The molecular weight excluding hydrogens is 358 g/mol. The van der Waals surface area contributed by atoms with Gasteiger partial charge in [-0.1, -0.05) is 30.3 Å². The highest BCUT2D eigenvalue weighted by molar-refractivity contribution is 6.46. The van der Waals surface area contributed by atoms with Gasteiger partial charge in [-0.15, -0.1) is 0 Å². The first-order chi connectivity index (χ1) is 13.7. The van der Waals surface area contributed by atoms with Gasteiger partial charge in [0.2, 0.25) is 0 Å². The smallest absolute Gasteiger partial charge is 0.295 e. The lowest BCUT2D eigenvalue weighted by molar-refractivity contribution is -0.140. The molecule has 1 aromatic carbocycles. The van der Waals surface area contributed by atoms with Gasteiger partial charge in [-0.25, -0.2) is 4.98 Å². The van der Waals surface area contributed by atoms with E-state index in [4.69, 9.17) is 4.42 Å². The molecule has 28 heavy (non-hydrogen) atoms. The second-order valence-corrected chi connectivity index (χ2v) is 6.53. The van der Waals surface area contributed by atoms with Crippen molar-refractivity contribution in [3.05, 3.63) is 84.3 Å². The second kappa shape index (κ2) is 7.56. The molecule has 7 heteroatoms. The molecule has 1 fully saturated rings. The molecular formula is C21H19N3O4. The molecule has 0 aliphatic carbocycles. The Kier molecular flexibility index (Phi) is 4.80. The van der Waals surface area contributed by atoms with Crippen LogP contribution in [0.2, 0.25) is 0 Å². The average molecular weight is 377 g/mol. The summed E-state index contributed by atoms with van der Waals surface area (Å²) >= 11 is 0. The van der Waals surface area contributed by atoms with Crippen LogP contribution in [-0.2, 0) is 16.1 Å². The van der Waals surface area contributed by atoms with Gasteiger partial charge in [0.25, 0.3) is 11.7 Å². The summed E-state index contributed by atoms with van der Waals surface area (Å²) in [5.41, 5.74) is 0.532. The van der Waals surface area contributed by atoms with E-state index in [1.165, 1.54) is 11.2 Å². The van der Waals surface area contributed by atoms with Crippen molar-refractivity contribution >= 4 is 17.4 Å². The van der Waals surface area contributed by atoms with Gasteiger partial charge >= 0.3 is 0 Å². The maximum atomic E-state index is 12.8. The molecule has 1 atom stereocenters. The van der Waals surface area contributed by atoms with Gasteiger partial charge in [0.15, 0.2) is 0 Å². The Morgan fingerprint density at radius 1 is 1.11 bits per heavy atom. The number of aryl methyl sites for hydroxylation is 1. The molecule has 3 heterocycles. The number of carbonyl (C=O) groups is 2. The molecule has 1 amide bonds. The van der Waals surface area contributed by atoms with Crippen molar-refractivity contribution in [3.63, 3.8) is 0 Å². The molecule has 1 N–H and O–H groups in total. The topological polar surface area (TPSA) is 88.6 Å². The molecule has 4 rings (SSSR count). The number of Topliss-reactive ketones (excluding diaryl/α,β-unsaturated/α-hetero) is 1. The van der Waals surface area contributed by atoms with Crippen LogP contribution in [0.15, 0.2) is 77.4 Å². The van der Waals surface area contributed by atoms with Crippen molar-refractivity contribution in [2.45, 2.75) is 19.0 Å². The van der Waals surface area contributed by atoms with Crippen LogP contribution in [0.1, 0.15) is 23.8 Å². The summed E-state index contributed by atoms with van der Waals surface area (Å²) in [6.45, 7) is 1.01. The minimum Gasteiger partial charge on any atom is -0.507 e. The second-order valence-electron chi connectivity index (χ2n) is 6.53. The predicted octanol–water partition coefficient (Wildman–Crippen LogP) is 2.99. The number of likely N-dealkylation sites (tertiary alicyclic amines) is 1.